The molecule has 1 N–H and O–H groups in total. The second-order valence-electron chi connectivity index (χ2n) is 5.38. The Morgan fingerprint density at radius 1 is 1.12 bits per heavy atom. The molecular formula is C13H21N3S. The van der Waals surface area contributed by atoms with Gasteiger partial charge in [0.05, 0.1) is 0 Å². The van der Waals surface area contributed by atoms with Crippen molar-refractivity contribution >= 4 is 11.8 Å². The van der Waals surface area contributed by atoms with Crippen LogP contribution in [0.25, 0.3) is 0 Å². The fourth-order valence-corrected chi connectivity index (χ4v) is 4.20. The van der Waals surface area contributed by atoms with E-state index < -0.39 is 0 Å². The van der Waals surface area contributed by atoms with Crippen molar-refractivity contribution in [1.82, 2.24) is 15.2 Å². The summed E-state index contributed by atoms with van der Waals surface area (Å²) in [6.45, 7) is 0. The van der Waals surface area contributed by atoms with E-state index in [4.69, 9.17) is 4.98 Å². The van der Waals surface area contributed by atoms with Crippen LogP contribution in [0.4, 0.5) is 0 Å². The van der Waals surface area contributed by atoms with Crippen LogP contribution in [-0.4, -0.2) is 26.7 Å². The Morgan fingerprint density at radius 3 is 2.65 bits per heavy atom. The van der Waals surface area contributed by atoms with Crippen LogP contribution in [0.3, 0.4) is 0 Å². The summed E-state index contributed by atoms with van der Waals surface area (Å²) in [6, 6.07) is 0. The van der Waals surface area contributed by atoms with Crippen LogP contribution < -0.4 is 0 Å². The monoisotopic (exact) mass is 251 g/mol. The maximum absolute atomic E-state index is 4.71. The van der Waals surface area contributed by atoms with Gasteiger partial charge in [-0.2, -0.15) is 16.9 Å². The quantitative estimate of drug-likeness (QED) is 0.897. The van der Waals surface area contributed by atoms with E-state index in [1.54, 1.807) is 0 Å². The van der Waals surface area contributed by atoms with E-state index in [0.717, 1.165) is 24.0 Å². The van der Waals surface area contributed by atoms with Crippen LogP contribution in [0, 0.1) is 5.92 Å². The van der Waals surface area contributed by atoms with E-state index in [9.17, 15) is 0 Å². The number of aromatic amines is 1. The van der Waals surface area contributed by atoms with Gasteiger partial charge in [-0.1, -0.05) is 12.8 Å². The fourth-order valence-electron chi connectivity index (χ4n) is 2.99. The number of aromatic nitrogens is 3. The van der Waals surface area contributed by atoms with Crippen molar-refractivity contribution in [2.75, 3.05) is 11.5 Å². The van der Waals surface area contributed by atoms with Crippen molar-refractivity contribution in [2.45, 2.75) is 50.9 Å². The number of nitrogens with one attached hydrogen (secondary N) is 1. The summed E-state index contributed by atoms with van der Waals surface area (Å²) in [6.07, 6.45) is 9.10. The van der Waals surface area contributed by atoms with E-state index >= 15 is 0 Å². The molecule has 4 heteroatoms. The molecular weight excluding hydrogens is 230 g/mol. The van der Waals surface area contributed by atoms with E-state index in [1.165, 1.54) is 50.0 Å². The van der Waals surface area contributed by atoms with E-state index in [1.807, 2.05) is 0 Å². The highest BCUT2D eigenvalue weighted by Gasteiger charge is 2.22. The van der Waals surface area contributed by atoms with Crippen molar-refractivity contribution in [1.29, 1.82) is 0 Å². The van der Waals surface area contributed by atoms with Crippen molar-refractivity contribution in [3.8, 4) is 0 Å². The first kappa shape index (κ1) is 11.6. The minimum absolute atomic E-state index is 0.641. The van der Waals surface area contributed by atoms with Crippen LogP contribution in [0.1, 0.15) is 56.1 Å². The average molecular weight is 251 g/mol. The molecule has 2 fully saturated rings. The fraction of sp³-hybridized carbons (Fsp3) is 0.846. The maximum atomic E-state index is 4.71. The number of hydrogen-bond acceptors (Lipinski definition) is 3. The second kappa shape index (κ2) is 5.42. The third kappa shape index (κ3) is 2.84. The standard InChI is InChI=1S/C13H21N3S/c1-2-4-11(3-1)13-14-12(15-16-13)9-10-5-7-17-8-6-10/h10-11H,1-9H2,(H,14,15,16). The number of rotatable bonds is 3. The summed E-state index contributed by atoms with van der Waals surface area (Å²) in [7, 11) is 0. The zero-order valence-corrected chi connectivity index (χ0v) is 11.1. The Bertz CT molecular complexity index is 351. The van der Waals surface area contributed by atoms with E-state index in [-0.39, 0.29) is 0 Å². The van der Waals surface area contributed by atoms with Crippen LogP contribution in [0.5, 0.6) is 0 Å². The predicted octanol–water partition coefficient (Wildman–Crippen LogP) is 3.15. The van der Waals surface area contributed by atoms with Gasteiger partial charge in [-0.25, -0.2) is 4.98 Å². The molecule has 2 heterocycles. The summed E-state index contributed by atoms with van der Waals surface area (Å²) in [4.78, 5) is 4.71. The molecule has 3 rings (SSSR count). The molecule has 0 spiro atoms. The Morgan fingerprint density at radius 2 is 1.88 bits per heavy atom. The highest BCUT2D eigenvalue weighted by Crippen LogP contribution is 2.32. The van der Waals surface area contributed by atoms with E-state index in [2.05, 4.69) is 22.0 Å². The molecule has 94 valence electrons. The third-order valence-corrected chi connectivity index (χ3v) is 5.14. The number of thioether (sulfide) groups is 1. The molecule has 0 amide bonds. The summed E-state index contributed by atoms with van der Waals surface area (Å²) < 4.78 is 0. The lowest BCUT2D eigenvalue weighted by atomic mass is 9.99. The Balaban J connectivity index is 1.59. The Labute approximate surface area is 107 Å². The molecule has 2 aliphatic rings. The highest BCUT2D eigenvalue weighted by molar-refractivity contribution is 7.99. The third-order valence-electron chi connectivity index (χ3n) is 4.09. The number of hydrogen-bond donors (Lipinski definition) is 1. The number of nitrogens with zero attached hydrogens (tertiary/aromatic N) is 2. The van der Waals surface area contributed by atoms with Gasteiger partial charge in [0.15, 0.2) is 5.82 Å². The first-order valence-electron chi connectivity index (χ1n) is 6.91. The van der Waals surface area contributed by atoms with Gasteiger partial charge in [-0.05, 0) is 43.1 Å². The van der Waals surface area contributed by atoms with Gasteiger partial charge in [-0.15, -0.1) is 0 Å². The first-order chi connectivity index (χ1) is 8.42. The Kier molecular flexibility index (Phi) is 3.69. The van der Waals surface area contributed by atoms with Gasteiger partial charge < -0.3 is 0 Å². The van der Waals surface area contributed by atoms with Gasteiger partial charge in [0.1, 0.15) is 5.82 Å². The lowest BCUT2D eigenvalue weighted by Gasteiger charge is -2.19. The largest absolute Gasteiger partial charge is 0.263 e. The van der Waals surface area contributed by atoms with Crippen molar-refractivity contribution < 1.29 is 0 Å². The van der Waals surface area contributed by atoms with Crippen LogP contribution in [-0.2, 0) is 6.42 Å². The van der Waals surface area contributed by atoms with Gasteiger partial charge in [0, 0.05) is 12.3 Å². The molecule has 1 aliphatic carbocycles. The van der Waals surface area contributed by atoms with Crippen LogP contribution in [0.2, 0.25) is 0 Å². The molecule has 0 unspecified atom stereocenters. The van der Waals surface area contributed by atoms with Gasteiger partial charge in [-0.3, -0.25) is 5.10 Å². The van der Waals surface area contributed by atoms with E-state index in [0.29, 0.717) is 5.92 Å². The molecule has 0 aromatic carbocycles. The first-order valence-corrected chi connectivity index (χ1v) is 8.06. The summed E-state index contributed by atoms with van der Waals surface area (Å²) >= 11 is 2.09. The van der Waals surface area contributed by atoms with Crippen molar-refractivity contribution in [3.05, 3.63) is 11.6 Å². The van der Waals surface area contributed by atoms with Crippen LogP contribution in [0.15, 0.2) is 0 Å². The molecule has 0 bridgehead atoms. The summed E-state index contributed by atoms with van der Waals surface area (Å²) in [5.74, 6) is 6.34. The SMILES string of the molecule is C1CCC(c2n[nH]c(CC3CCSCC3)n2)C1. The molecule has 17 heavy (non-hydrogen) atoms. The van der Waals surface area contributed by atoms with Gasteiger partial charge in [0.25, 0.3) is 0 Å². The molecule has 0 radical (unpaired) electrons. The summed E-state index contributed by atoms with van der Waals surface area (Å²) in [5, 5.41) is 7.58. The molecule has 1 aromatic heterocycles. The normalized spacial score (nSPS) is 23.3. The Hall–Kier alpha value is -0.510. The van der Waals surface area contributed by atoms with Gasteiger partial charge in [0.2, 0.25) is 0 Å². The molecule has 1 saturated heterocycles. The average Bonchev–Trinajstić information content (AvgIpc) is 3.00. The van der Waals surface area contributed by atoms with Crippen molar-refractivity contribution in [3.63, 3.8) is 0 Å². The molecule has 3 nitrogen and oxygen atoms in total. The lowest BCUT2D eigenvalue weighted by Crippen LogP contribution is -2.13. The minimum atomic E-state index is 0.641. The zero-order chi connectivity index (χ0) is 11.5. The molecule has 1 aliphatic heterocycles. The topological polar surface area (TPSA) is 41.6 Å². The smallest absolute Gasteiger partial charge is 0.153 e. The molecule has 1 aromatic rings. The van der Waals surface area contributed by atoms with Crippen molar-refractivity contribution in [2.24, 2.45) is 5.92 Å². The minimum Gasteiger partial charge on any atom is -0.263 e. The zero-order valence-electron chi connectivity index (χ0n) is 10.3. The number of H-pyrrole nitrogens is 1. The maximum Gasteiger partial charge on any atom is 0.153 e. The predicted molar refractivity (Wildman–Crippen MR) is 71.3 cm³/mol. The molecule has 0 atom stereocenters. The van der Waals surface area contributed by atoms with Gasteiger partial charge >= 0.3 is 0 Å². The van der Waals surface area contributed by atoms with Crippen LogP contribution >= 0.6 is 11.8 Å². The summed E-state index contributed by atoms with van der Waals surface area (Å²) in [5.41, 5.74) is 0. The lowest BCUT2D eigenvalue weighted by molar-refractivity contribution is 0.476. The highest BCUT2D eigenvalue weighted by atomic mass is 32.2. The second-order valence-corrected chi connectivity index (χ2v) is 6.61. The molecule has 1 saturated carbocycles.